The first kappa shape index (κ1) is 10.5. The summed E-state index contributed by atoms with van der Waals surface area (Å²) in [4.78, 5) is 23.1. The minimum atomic E-state index is -0.959. The fraction of sp³-hybridized carbons (Fsp3) is 0.333. The zero-order chi connectivity index (χ0) is 10.6. The first-order valence-corrected chi connectivity index (χ1v) is 4.06. The molecule has 0 radical (unpaired) electrons. The predicted molar refractivity (Wildman–Crippen MR) is 48.2 cm³/mol. The third kappa shape index (κ3) is 3.02. The molecule has 1 heterocycles. The van der Waals surface area contributed by atoms with Crippen LogP contribution in [-0.2, 0) is 4.79 Å². The SMILES string of the molecule is CN(CC(=O)O)CC(=O)c1ccco1. The Morgan fingerprint density at radius 3 is 2.71 bits per heavy atom. The smallest absolute Gasteiger partial charge is 0.317 e. The number of rotatable bonds is 5. The maximum Gasteiger partial charge on any atom is 0.317 e. The number of hydrogen-bond acceptors (Lipinski definition) is 4. The fourth-order valence-electron chi connectivity index (χ4n) is 1.05. The van der Waals surface area contributed by atoms with Crippen molar-refractivity contribution in [2.75, 3.05) is 20.1 Å². The Hall–Kier alpha value is -1.62. The number of hydrogen-bond donors (Lipinski definition) is 1. The van der Waals surface area contributed by atoms with E-state index in [4.69, 9.17) is 9.52 Å². The summed E-state index contributed by atoms with van der Waals surface area (Å²) in [6, 6.07) is 3.17. The van der Waals surface area contributed by atoms with Crippen LogP contribution in [0.15, 0.2) is 22.8 Å². The van der Waals surface area contributed by atoms with Crippen molar-refractivity contribution >= 4 is 11.8 Å². The van der Waals surface area contributed by atoms with Crippen LogP contribution in [0.4, 0.5) is 0 Å². The average molecular weight is 197 g/mol. The van der Waals surface area contributed by atoms with E-state index in [0.29, 0.717) is 0 Å². The molecular weight excluding hydrogens is 186 g/mol. The second-order valence-corrected chi connectivity index (χ2v) is 2.97. The third-order valence-electron chi connectivity index (χ3n) is 1.61. The highest BCUT2D eigenvalue weighted by Crippen LogP contribution is 2.01. The van der Waals surface area contributed by atoms with E-state index in [0.717, 1.165) is 0 Å². The zero-order valence-electron chi connectivity index (χ0n) is 7.77. The van der Waals surface area contributed by atoms with Gasteiger partial charge in [-0.3, -0.25) is 14.5 Å². The number of furan rings is 1. The molecule has 1 N–H and O–H groups in total. The van der Waals surface area contributed by atoms with Crippen LogP contribution >= 0.6 is 0 Å². The van der Waals surface area contributed by atoms with Crippen LogP contribution in [0.2, 0.25) is 0 Å². The molecule has 0 atom stereocenters. The quantitative estimate of drug-likeness (QED) is 0.695. The summed E-state index contributed by atoms with van der Waals surface area (Å²) >= 11 is 0. The molecule has 0 aliphatic rings. The van der Waals surface area contributed by atoms with Crippen molar-refractivity contribution in [1.29, 1.82) is 0 Å². The van der Waals surface area contributed by atoms with E-state index in [9.17, 15) is 9.59 Å². The van der Waals surface area contributed by atoms with Crippen molar-refractivity contribution in [3.05, 3.63) is 24.2 Å². The highest BCUT2D eigenvalue weighted by Gasteiger charge is 2.13. The van der Waals surface area contributed by atoms with Gasteiger partial charge < -0.3 is 9.52 Å². The van der Waals surface area contributed by atoms with E-state index in [1.165, 1.54) is 11.2 Å². The number of carboxylic acids is 1. The van der Waals surface area contributed by atoms with E-state index < -0.39 is 5.97 Å². The molecule has 0 saturated heterocycles. The molecule has 5 nitrogen and oxygen atoms in total. The van der Waals surface area contributed by atoms with Gasteiger partial charge in [0.25, 0.3) is 0 Å². The van der Waals surface area contributed by atoms with E-state index in [1.807, 2.05) is 0 Å². The molecule has 0 amide bonds. The lowest BCUT2D eigenvalue weighted by Gasteiger charge is -2.11. The van der Waals surface area contributed by atoms with Crippen LogP contribution in [0.5, 0.6) is 0 Å². The minimum absolute atomic E-state index is 0.0415. The molecule has 14 heavy (non-hydrogen) atoms. The molecule has 5 heteroatoms. The Morgan fingerprint density at radius 2 is 2.21 bits per heavy atom. The van der Waals surface area contributed by atoms with E-state index >= 15 is 0 Å². The number of nitrogens with zero attached hydrogens (tertiary/aromatic N) is 1. The first-order chi connectivity index (χ1) is 6.59. The van der Waals surface area contributed by atoms with Gasteiger partial charge in [0.1, 0.15) is 0 Å². The van der Waals surface area contributed by atoms with Gasteiger partial charge in [0.2, 0.25) is 5.78 Å². The van der Waals surface area contributed by atoms with Gasteiger partial charge >= 0.3 is 5.97 Å². The molecule has 0 aliphatic heterocycles. The Kier molecular flexibility index (Phi) is 3.41. The van der Waals surface area contributed by atoms with E-state index in [2.05, 4.69) is 0 Å². The second kappa shape index (κ2) is 4.57. The number of ketones is 1. The maximum atomic E-state index is 11.4. The van der Waals surface area contributed by atoms with Crippen LogP contribution in [0.25, 0.3) is 0 Å². The lowest BCUT2D eigenvalue weighted by atomic mass is 10.3. The molecule has 0 aromatic carbocycles. The summed E-state index contributed by atoms with van der Waals surface area (Å²) in [6.45, 7) is -0.119. The van der Waals surface area contributed by atoms with Gasteiger partial charge in [-0.1, -0.05) is 0 Å². The molecule has 1 aromatic rings. The summed E-state index contributed by atoms with van der Waals surface area (Å²) in [5.41, 5.74) is 0. The van der Waals surface area contributed by atoms with Crippen LogP contribution in [0.1, 0.15) is 10.6 Å². The van der Waals surface area contributed by atoms with Crippen molar-refractivity contribution < 1.29 is 19.1 Å². The Balaban J connectivity index is 2.45. The lowest BCUT2D eigenvalue weighted by Crippen LogP contribution is -2.30. The van der Waals surface area contributed by atoms with Crippen LogP contribution in [0, 0.1) is 0 Å². The minimum Gasteiger partial charge on any atom is -0.480 e. The van der Waals surface area contributed by atoms with Gasteiger partial charge in [-0.25, -0.2) is 0 Å². The summed E-state index contributed by atoms with van der Waals surface area (Å²) < 4.78 is 4.88. The van der Waals surface area contributed by atoms with Crippen molar-refractivity contribution in [3.63, 3.8) is 0 Å². The molecule has 0 spiro atoms. The largest absolute Gasteiger partial charge is 0.480 e. The molecule has 0 unspecified atom stereocenters. The maximum absolute atomic E-state index is 11.4. The second-order valence-electron chi connectivity index (χ2n) is 2.97. The number of carbonyl (C=O) groups is 2. The molecule has 0 bridgehead atoms. The molecule has 0 saturated carbocycles. The van der Waals surface area contributed by atoms with Crippen LogP contribution in [-0.4, -0.2) is 41.9 Å². The van der Waals surface area contributed by atoms with Gasteiger partial charge in [0, 0.05) is 0 Å². The summed E-state index contributed by atoms with van der Waals surface area (Å²) in [5.74, 6) is -0.930. The average Bonchev–Trinajstić information content (AvgIpc) is 2.53. The summed E-state index contributed by atoms with van der Waals surface area (Å²) in [6.07, 6.45) is 1.41. The van der Waals surface area contributed by atoms with Gasteiger partial charge in [0.05, 0.1) is 19.4 Å². The summed E-state index contributed by atoms with van der Waals surface area (Å²) in [7, 11) is 1.56. The molecule has 1 rings (SSSR count). The van der Waals surface area contributed by atoms with Crippen molar-refractivity contribution in [2.45, 2.75) is 0 Å². The van der Waals surface area contributed by atoms with Gasteiger partial charge in [-0.15, -0.1) is 0 Å². The predicted octanol–water partition coefficient (Wildman–Crippen LogP) is 0.479. The highest BCUT2D eigenvalue weighted by molar-refractivity contribution is 5.95. The fourth-order valence-corrected chi connectivity index (χ4v) is 1.05. The highest BCUT2D eigenvalue weighted by atomic mass is 16.4. The molecule has 76 valence electrons. The van der Waals surface area contributed by atoms with Gasteiger partial charge in [-0.05, 0) is 19.2 Å². The van der Waals surface area contributed by atoms with Crippen LogP contribution < -0.4 is 0 Å². The van der Waals surface area contributed by atoms with Crippen molar-refractivity contribution in [3.8, 4) is 0 Å². The normalized spacial score (nSPS) is 10.4. The monoisotopic (exact) mass is 197 g/mol. The molecule has 1 aromatic heterocycles. The number of carbonyl (C=O) groups excluding carboxylic acids is 1. The standard InChI is InChI=1S/C9H11NO4/c1-10(6-9(12)13)5-7(11)8-3-2-4-14-8/h2-4H,5-6H2,1H3,(H,12,13). The van der Waals surface area contributed by atoms with E-state index in [1.54, 1.807) is 19.2 Å². The third-order valence-corrected chi connectivity index (χ3v) is 1.61. The Bertz CT molecular complexity index is 318. The van der Waals surface area contributed by atoms with Crippen molar-refractivity contribution in [2.24, 2.45) is 0 Å². The zero-order valence-corrected chi connectivity index (χ0v) is 7.77. The topological polar surface area (TPSA) is 70.8 Å². The van der Waals surface area contributed by atoms with E-state index in [-0.39, 0.29) is 24.6 Å². The van der Waals surface area contributed by atoms with Gasteiger partial charge in [0.15, 0.2) is 5.76 Å². The first-order valence-electron chi connectivity index (χ1n) is 4.06. The Morgan fingerprint density at radius 1 is 1.50 bits per heavy atom. The van der Waals surface area contributed by atoms with Gasteiger partial charge in [-0.2, -0.15) is 0 Å². The van der Waals surface area contributed by atoms with Crippen LogP contribution in [0.3, 0.4) is 0 Å². The Labute approximate surface area is 80.9 Å². The molecule has 0 fully saturated rings. The number of Topliss-reactive ketones (excluding diaryl/α,β-unsaturated/α-hetero) is 1. The summed E-state index contributed by atoms with van der Waals surface area (Å²) in [5, 5.41) is 8.45. The number of likely N-dealkylation sites (N-methyl/N-ethyl adjacent to an activating group) is 1. The van der Waals surface area contributed by atoms with Crippen molar-refractivity contribution in [1.82, 2.24) is 4.90 Å². The lowest BCUT2D eigenvalue weighted by molar-refractivity contribution is -0.137. The number of carboxylic acid groups (broad SMARTS) is 1. The molecule has 0 aliphatic carbocycles. The number of aliphatic carboxylic acids is 1. The molecular formula is C9H11NO4.